The van der Waals surface area contributed by atoms with Gasteiger partial charge in [0.15, 0.2) is 0 Å². The molecule has 1 atom stereocenters. The predicted octanol–water partition coefficient (Wildman–Crippen LogP) is 4.15. The van der Waals surface area contributed by atoms with Crippen molar-refractivity contribution in [3.8, 4) is 11.4 Å². The molecule has 3 rings (SSSR count). The smallest absolute Gasteiger partial charge is 0.316 e. The average Bonchev–Trinajstić information content (AvgIpc) is 3.11. The summed E-state index contributed by atoms with van der Waals surface area (Å²) < 4.78 is 10.2. The summed E-state index contributed by atoms with van der Waals surface area (Å²) in [5, 5.41) is 5.99. The Kier molecular flexibility index (Phi) is 5.87. The summed E-state index contributed by atoms with van der Waals surface area (Å²) in [6.07, 6.45) is 0.317. The number of hydrogen-bond acceptors (Lipinski definition) is 6. The van der Waals surface area contributed by atoms with Gasteiger partial charge in [-0.1, -0.05) is 49.3 Å². The van der Waals surface area contributed by atoms with E-state index in [1.807, 2.05) is 36.4 Å². The van der Waals surface area contributed by atoms with Gasteiger partial charge < -0.3 is 9.26 Å². The van der Waals surface area contributed by atoms with Crippen molar-refractivity contribution in [2.75, 3.05) is 6.61 Å². The van der Waals surface area contributed by atoms with Crippen LogP contribution in [-0.4, -0.2) is 28.5 Å². The number of benzene rings is 2. The van der Waals surface area contributed by atoms with E-state index in [9.17, 15) is 9.59 Å². The topological polar surface area (TPSA) is 82.3 Å². The quantitative estimate of drug-likeness (QED) is 0.452. The third-order valence-corrected chi connectivity index (χ3v) is 4.61. The second-order valence-electron chi connectivity index (χ2n) is 7.10. The van der Waals surface area contributed by atoms with Gasteiger partial charge >= 0.3 is 5.97 Å². The summed E-state index contributed by atoms with van der Waals surface area (Å²) in [5.41, 5.74) is 1.75. The average molecular weight is 380 g/mol. The van der Waals surface area contributed by atoms with Crippen LogP contribution in [0.25, 0.3) is 22.2 Å². The molecule has 146 valence electrons. The largest absolute Gasteiger partial charge is 0.465 e. The summed E-state index contributed by atoms with van der Waals surface area (Å²) in [5.74, 6) is -0.548. The first kappa shape index (κ1) is 19.7. The van der Waals surface area contributed by atoms with Crippen LogP contribution in [0.3, 0.4) is 0 Å². The van der Waals surface area contributed by atoms with E-state index in [0.717, 1.165) is 21.9 Å². The highest BCUT2D eigenvalue weighted by molar-refractivity contribution is 6.00. The molecule has 0 aliphatic heterocycles. The SMILES string of the molecule is CCOC(=O)C(Cc1ccc2ccc(-c3noc(C)n3)cc2c1)C(=O)C(C)C. The maximum atomic E-state index is 12.5. The molecule has 2 aromatic carbocycles. The van der Waals surface area contributed by atoms with E-state index in [-0.39, 0.29) is 18.3 Å². The lowest BCUT2D eigenvalue weighted by Gasteiger charge is -2.17. The second kappa shape index (κ2) is 8.33. The summed E-state index contributed by atoms with van der Waals surface area (Å²) in [6.45, 7) is 7.34. The Morgan fingerprint density at radius 1 is 1.11 bits per heavy atom. The molecule has 0 saturated carbocycles. The molecule has 0 spiro atoms. The number of ether oxygens (including phenoxy) is 1. The first-order valence-corrected chi connectivity index (χ1v) is 9.42. The molecular formula is C22H24N2O4. The van der Waals surface area contributed by atoms with Crippen LogP contribution in [0.4, 0.5) is 0 Å². The zero-order valence-electron chi connectivity index (χ0n) is 16.6. The molecule has 0 aliphatic rings. The van der Waals surface area contributed by atoms with E-state index in [2.05, 4.69) is 10.1 Å². The number of fused-ring (bicyclic) bond motifs is 1. The maximum Gasteiger partial charge on any atom is 0.316 e. The van der Waals surface area contributed by atoms with Gasteiger partial charge in [0.25, 0.3) is 0 Å². The van der Waals surface area contributed by atoms with Crippen molar-refractivity contribution in [2.24, 2.45) is 11.8 Å². The zero-order valence-corrected chi connectivity index (χ0v) is 16.6. The van der Waals surface area contributed by atoms with Gasteiger partial charge in [0.05, 0.1) is 6.61 Å². The second-order valence-corrected chi connectivity index (χ2v) is 7.10. The van der Waals surface area contributed by atoms with E-state index in [0.29, 0.717) is 18.1 Å². The van der Waals surface area contributed by atoms with Crippen molar-refractivity contribution in [1.82, 2.24) is 10.1 Å². The monoisotopic (exact) mass is 380 g/mol. The van der Waals surface area contributed by atoms with Crippen LogP contribution < -0.4 is 0 Å². The van der Waals surface area contributed by atoms with Gasteiger partial charge in [-0.05, 0) is 35.7 Å². The maximum absolute atomic E-state index is 12.5. The van der Waals surface area contributed by atoms with Gasteiger partial charge in [0.1, 0.15) is 11.7 Å². The first-order valence-electron chi connectivity index (χ1n) is 9.42. The molecule has 1 heterocycles. The van der Waals surface area contributed by atoms with Gasteiger partial charge in [-0.25, -0.2) is 0 Å². The lowest BCUT2D eigenvalue weighted by Crippen LogP contribution is -2.31. The molecule has 1 unspecified atom stereocenters. The van der Waals surface area contributed by atoms with Crippen molar-refractivity contribution in [3.05, 3.63) is 47.9 Å². The third-order valence-electron chi connectivity index (χ3n) is 4.61. The number of nitrogens with zero attached hydrogens (tertiary/aromatic N) is 2. The number of ketones is 1. The van der Waals surface area contributed by atoms with E-state index in [4.69, 9.17) is 9.26 Å². The number of rotatable bonds is 7. The van der Waals surface area contributed by atoms with Crippen LogP contribution in [0.2, 0.25) is 0 Å². The number of hydrogen-bond donors (Lipinski definition) is 0. The van der Waals surface area contributed by atoms with Gasteiger partial charge in [0.2, 0.25) is 11.7 Å². The highest BCUT2D eigenvalue weighted by Crippen LogP contribution is 2.25. The minimum Gasteiger partial charge on any atom is -0.465 e. The highest BCUT2D eigenvalue weighted by atomic mass is 16.5. The normalized spacial score (nSPS) is 12.3. The molecule has 0 bridgehead atoms. The summed E-state index contributed by atoms with van der Waals surface area (Å²) in [6, 6.07) is 11.8. The minimum absolute atomic E-state index is 0.102. The molecule has 6 heteroatoms. The minimum atomic E-state index is -0.791. The molecule has 1 aromatic heterocycles. The van der Waals surface area contributed by atoms with Crippen LogP contribution in [0, 0.1) is 18.8 Å². The molecular weight excluding hydrogens is 356 g/mol. The molecule has 0 N–H and O–H groups in total. The lowest BCUT2D eigenvalue weighted by molar-refractivity contribution is -0.152. The van der Waals surface area contributed by atoms with Gasteiger partial charge in [-0.3, -0.25) is 9.59 Å². The standard InChI is InChI=1S/C22H24N2O4/c1-5-27-22(26)19(20(25)13(2)3)11-15-6-7-16-8-9-17(12-18(16)10-15)21-23-14(4)28-24-21/h6-10,12-13,19H,5,11H2,1-4H3. The number of carbonyl (C=O) groups is 2. The Morgan fingerprint density at radius 3 is 2.50 bits per heavy atom. The molecule has 28 heavy (non-hydrogen) atoms. The van der Waals surface area contributed by atoms with Crippen LogP contribution >= 0.6 is 0 Å². The summed E-state index contributed by atoms with van der Waals surface area (Å²) >= 11 is 0. The number of aryl methyl sites for hydroxylation is 1. The van der Waals surface area contributed by atoms with Gasteiger partial charge in [0, 0.05) is 18.4 Å². The first-order chi connectivity index (χ1) is 13.4. The zero-order chi connectivity index (χ0) is 20.3. The summed E-state index contributed by atoms with van der Waals surface area (Å²) in [4.78, 5) is 29.1. The van der Waals surface area contributed by atoms with Crippen LogP contribution in [-0.2, 0) is 20.7 Å². The van der Waals surface area contributed by atoms with Crippen LogP contribution in [0.5, 0.6) is 0 Å². The number of aromatic nitrogens is 2. The number of Topliss-reactive ketones (excluding diaryl/α,β-unsaturated/α-hetero) is 1. The Labute approximate surface area is 163 Å². The van der Waals surface area contributed by atoms with E-state index < -0.39 is 11.9 Å². The Morgan fingerprint density at radius 2 is 1.86 bits per heavy atom. The fraction of sp³-hybridized carbons (Fsp3) is 0.364. The lowest BCUT2D eigenvalue weighted by atomic mass is 9.89. The molecule has 3 aromatic rings. The fourth-order valence-electron chi connectivity index (χ4n) is 3.16. The highest BCUT2D eigenvalue weighted by Gasteiger charge is 2.29. The third kappa shape index (κ3) is 4.27. The molecule has 0 radical (unpaired) electrons. The fourth-order valence-corrected chi connectivity index (χ4v) is 3.16. The Bertz CT molecular complexity index is 1010. The van der Waals surface area contributed by atoms with Crippen molar-refractivity contribution in [3.63, 3.8) is 0 Å². The molecule has 6 nitrogen and oxygen atoms in total. The Hall–Kier alpha value is -3.02. The van der Waals surface area contributed by atoms with Crippen molar-refractivity contribution >= 4 is 22.5 Å². The van der Waals surface area contributed by atoms with E-state index >= 15 is 0 Å². The van der Waals surface area contributed by atoms with Gasteiger partial charge in [-0.15, -0.1) is 0 Å². The van der Waals surface area contributed by atoms with Crippen molar-refractivity contribution in [1.29, 1.82) is 0 Å². The molecule has 0 amide bonds. The van der Waals surface area contributed by atoms with Crippen LogP contribution in [0.15, 0.2) is 40.9 Å². The van der Waals surface area contributed by atoms with E-state index in [1.165, 1.54) is 0 Å². The molecule has 0 fully saturated rings. The van der Waals surface area contributed by atoms with Gasteiger partial charge in [-0.2, -0.15) is 4.98 Å². The molecule has 0 saturated heterocycles. The molecule has 0 aliphatic carbocycles. The van der Waals surface area contributed by atoms with Crippen LogP contribution in [0.1, 0.15) is 32.2 Å². The summed E-state index contributed by atoms with van der Waals surface area (Å²) in [7, 11) is 0. The van der Waals surface area contributed by atoms with Crippen molar-refractivity contribution < 1.29 is 18.8 Å². The number of esters is 1. The van der Waals surface area contributed by atoms with Crippen molar-refractivity contribution in [2.45, 2.75) is 34.1 Å². The Balaban J connectivity index is 1.92. The number of carbonyl (C=O) groups excluding carboxylic acids is 2. The predicted molar refractivity (Wildman–Crippen MR) is 106 cm³/mol. The van der Waals surface area contributed by atoms with E-state index in [1.54, 1.807) is 27.7 Å².